The van der Waals surface area contributed by atoms with E-state index in [9.17, 15) is 9.50 Å². The summed E-state index contributed by atoms with van der Waals surface area (Å²) in [5.41, 5.74) is 0.234. The van der Waals surface area contributed by atoms with Gasteiger partial charge in [-0.15, -0.1) is 0 Å². The molecule has 2 atom stereocenters. The van der Waals surface area contributed by atoms with Gasteiger partial charge in [-0.1, -0.05) is 37.4 Å². The maximum Gasteiger partial charge on any atom is 0.142 e. The highest BCUT2D eigenvalue weighted by atomic mass is 35.5. The molecule has 0 heterocycles. The summed E-state index contributed by atoms with van der Waals surface area (Å²) in [6.45, 7) is 3.28. The molecule has 0 amide bonds. The van der Waals surface area contributed by atoms with E-state index in [4.69, 9.17) is 11.6 Å². The van der Waals surface area contributed by atoms with Gasteiger partial charge in [0.25, 0.3) is 0 Å². The Morgan fingerprint density at radius 1 is 1.53 bits per heavy atom. The molecular weight excluding hydrogens is 265 g/mol. The van der Waals surface area contributed by atoms with Gasteiger partial charge in [-0.3, -0.25) is 0 Å². The van der Waals surface area contributed by atoms with Crippen molar-refractivity contribution in [1.82, 2.24) is 5.32 Å². The zero-order valence-corrected chi connectivity index (χ0v) is 12.0. The Balaban J connectivity index is 1.84. The molecule has 4 heteroatoms. The second-order valence-electron chi connectivity index (χ2n) is 5.78. The van der Waals surface area contributed by atoms with Crippen LogP contribution in [0.5, 0.6) is 0 Å². The molecule has 0 aliphatic heterocycles. The van der Waals surface area contributed by atoms with Gasteiger partial charge in [0.1, 0.15) is 5.82 Å². The molecule has 2 unspecified atom stereocenters. The molecule has 0 radical (unpaired) electrons. The average molecular weight is 286 g/mol. The highest BCUT2D eigenvalue weighted by molar-refractivity contribution is 6.30. The normalized spacial score (nSPS) is 27.5. The smallest absolute Gasteiger partial charge is 0.142 e. The van der Waals surface area contributed by atoms with Crippen LogP contribution in [0.2, 0.25) is 5.02 Å². The Hall–Kier alpha value is -0.640. The fourth-order valence-corrected chi connectivity index (χ4v) is 3.00. The van der Waals surface area contributed by atoms with Gasteiger partial charge in [0.15, 0.2) is 0 Å². The van der Waals surface area contributed by atoms with E-state index in [-0.39, 0.29) is 5.02 Å². The number of benzene rings is 1. The van der Waals surface area contributed by atoms with E-state index in [0.29, 0.717) is 19.0 Å². The average Bonchev–Trinajstić information content (AvgIpc) is 2.33. The van der Waals surface area contributed by atoms with Crippen molar-refractivity contribution in [3.8, 4) is 0 Å². The van der Waals surface area contributed by atoms with Crippen LogP contribution in [0.1, 0.15) is 38.2 Å². The zero-order chi connectivity index (χ0) is 13.9. The van der Waals surface area contributed by atoms with Gasteiger partial charge in [-0.2, -0.15) is 0 Å². The van der Waals surface area contributed by atoms with Crippen LogP contribution in [0.4, 0.5) is 4.39 Å². The molecule has 106 valence electrons. The number of rotatable bonds is 4. The van der Waals surface area contributed by atoms with E-state index >= 15 is 0 Å². The first-order chi connectivity index (χ1) is 8.98. The van der Waals surface area contributed by atoms with E-state index in [1.807, 2.05) is 0 Å². The molecule has 0 bridgehead atoms. The van der Waals surface area contributed by atoms with Gasteiger partial charge in [0, 0.05) is 13.1 Å². The van der Waals surface area contributed by atoms with Gasteiger partial charge in [0.2, 0.25) is 0 Å². The van der Waals surface area contributed by atoms with Gasteiger partial charge in [-0.05, 0) is 36.5 Å². The molecule has 1 aliphatic rings. The van der Waals surface area contributed by atoms with Crippen LogP contribution in [0.15, 0.2) is 18.2 Å². The molecule has 2 rings (SSSR count). The van der Waals surface area contributed by atoms with Crippen LogP contribution in [0.3, 0.4) is 0 Å². The van der Waals surface area contributed by atoms with E-state index < -0.39 is 11.4 Å². The first kappa shape index (κ1) is 14.8. The highest BCUT2D eigenvalue weighted by Crippen LogP contribution is 2.31. The summed E-state index contributed by atoms with van der Waals surface area (Å²) in [5.74, 6) is 0.180. The lowest BCUT2D eigenvalue weighted by Crippen LogP contribution is -2.43. The number of hydrogen-bond acceptors (Lipinski definition) is 2. The monoisotopic (exact) mass is 285 g/mol. The SMILES string of the molecule is CC1CCCC(O)(CNCc2ccc(Cl)c(F)c2)C1. The molecule has 2 N–H and O–H groups in total. The minimum atomic E-state index is -0.608. The van der Waals surface area contributed by atoms with Crippen LogP contribution in [0.25, 0.3) is 0 Å². The van der Waals surface area contributed by atoms with Gasteiger partial charge < -0.3 is 10.4 Å². The van der Waals surface area contributed by atoms with Crippen molar-refractivity contribution in [2.75, 3.05) is 6.54 Å². The van der Waals surface area contributed by atoms with Crippen molar-refractivity contribution >= 4 is 11.6 Å². The number of halogens is 2. The summed E-state index contributed by atoms with van der Waals surface area (Å²) in [4.78, 5) is 0. The minimum absolute atomic E-state index is 0.142. The summed E-state index contributed by atoms with van der Waals surface area (Å²) < 4.78 is 13.3. The Bertz CT molecular complexity index is 440. The summed E-state index contributed by atoms with van der Waals surface area (Å²) in [6, 6.07) is 4.79. The topological polar surface area (TPSA) is 32.3 Å². The number of aliphatic hydroxyl groups is 1. The lowest BCUT2D eigenvalue weighted by molar-refractivity contribution is -0.0119. The van der Waals surface area contributed by atoms with Crippen molar-refractivity contribution in [2.45, 2.75) is 44.8 Å². The largest absolute Gasteiger partial charge is 0.389 e. The summed E-state index contributed by atoms with van der Waals surface area (Å²) in [7, 11) is 0. The van der Waals surface area contributed by atoms with Crippen molar-refractivity contribution in [2.24, 2.45) is 5.92 Å². The fraction of sp³-hybridized carbons (Fsp3) is 0.600. The maximum absolute atomic E-state index is 13.3. The quantitative estimate of drug-likeness (QED) is 0.887. The van der Waals surface area contributed by atoms with Crippen LogP contribution >= 0.6 is 11.6 Å². The fourth-order valence-electron chi connectivity index (χ4n) is 2.88. The van der Waals surface area contributed by atoms with Crippen LogP contribution in [-0.2, 0) is 6.54 Å². The summed E-state index contributed by atoms with van der Waals surface area (Å²) in [6.07, 6.45) is 3.97. The molecule has 0 spiro atoms. The van der Waals surface area contributed by atoms with Gasteiger partial charge in [0.05, 0.1) is 10.6 Å². The highest BCUT2D eigenvalue weighted by Gasteiger charge is 2.31. The Kier molecular flexibility index (Phi) is 4.82. The second kappa shape index (κ2) is 6.21. The predicted molar refractivity (Wildman–Crippen MR) is 75.7 cm³/mol. The van der Waals surface area contributed by atoms with Crippen molar-refractivity contribution in [1.29, 1.82) is 0 Å². The van der Waals surface area contributed by atoms with E-state index in [1.165, 1.54) is 12.5 Å². The second-order valence-corrected chi connectivity index (χ2v) is 6.19. The van der Waals surface area contributed by atoms with Crippen molar-refractivity contribution in [3.63, 3.8) is 0 Å². The van der Waals surface area contributed by atoms with E-state index in [2.05, 4.69) is 12.2 Å². The lowest BCUT2D eigenvalue weighted by atomic mass is 9.79. The standard InChI is InChI=1S/C15H21ClFNO/c1-11-3-2-6-15(19,8-11)10-18-9-12-4-5-13(16)14(17)7-12/h4-5,7,11,18-19H,2-3,6,8-10H2,1H3. The van der Waals surface area contributed by atoms with Crippen LogP contribution < -0.4 is 5.32 Å². The Labute approximate surface area is 119 Å². The zero-order valence-electron chi connectivity index (χ0n) is 11.3. The van der Waals surface area contributed by atoms with Gasteiger partial charge in [-0.25, -0.2) is 4.39 Å². The van der Waals surface area contributed by atoms with Crippen molar-refractivity contribution in [3.05, 3.63) is 34.6 Å². The minimum Gasteiger partial charge on any atom is -0.389 e. The Morgan fingerprint density at radius 2 is 2.32 bits per heavy atom. The molecule has 19 heavy (non-hydrogen) atoms. The van der Waals surface area contributed by atoms with Crippen molar-refractivity contribution < 1.29 is 9.50 Å². The third-order valence-electron chi connectivity index (χ3n) is 3.83. The third-order valence-corrected chi connectivity index (χ3v) is 4.14. The van der Waals surface area contributed by atoms with Crippen LogP contribution in [-0.4, -0.2) is 17.3 Å². The van der Waals surface area contributed by atoms with Gasteiger partial charge >= 0.3 is 0 Å². The summed E-state index contributed by atoms with van der Waals surface area (Å²) >= 11 is 5.64. The first-order valence-electron chi connectivity index (χ1n) is 6.85. The molecule has 1 fully saturated rings. The predicted octanol–water partition coefficient (Wildman–Crippen LogP) is 3.51. The molecule has 1 aromatic carbocycles. The van der Waals surface area contributed by atoms with E-state index in [1.54, 1.807) is 12.1 Å². The Morgan fingerprint density at radius 3 is 3.00 bits per heavy atom. The van der Waals surface area contributed by atoms with Crippen LogP contribution in [0, 0.1) is 11.7 Å². The first-order valence-corrected chi connectivity index (χ1v) is 7.23. The molecule has 0 saturated heterocycles. The van der Waals surface area contributed by atoms with E-state index in [0.717, 1.165) is 24.8 Å². The number of hydrogen-bond donors (Lipinski definition) is 2. The third kappa shape index (κ3) is 4.16. The molecule has 1 aromatic rings. The molecule has 2 nitrogen and oxygen atoms in total. The molecule has 1 aliphatic carbocycles. The molecule has 1 saturated carbocycles. The molecule has 0 aromatic heterocycles. The lowest BCUT2D eigenvalue weighted by Gasteiger charge is -2.35. The maximum atomic E-state index is 13.3. The molecular formula is C15H21ClFNO. The summed E-state index contributed by atoms with van der Waals surface area (Å²) in [5, 5.41) is 13.8. The number of nitrogens with one attached hydrogen (secondary N) is 1.